The molecular weight excluding hydrogens is 266 g/mol. The smallest absolute Gasteiger partial charge is 0.271 e. The van der Waals surface area contributed by atoms with Crippen molar-refractivity contribution in [1.29, 1.82) is 0 Å². The summed E-state index contributed by atoms with van der Waals surface area (Å²) in [5, 5.41) is 11.3. The first kappa shape index (κ1) is 13.6. The number of amides is 1. The molecule has 2 rings (SSSR count). The van der Waals surface area contributed by atoms with Crippen LogP contribution in [0.15, 0.2) is 12.4 Å². The lowest BCUT2D eigenvalue weighted by atomic mass is 10.2. The van der Waals surface area contributed by atoms with Crippen LogP contribution in [0.2, 0.25) is 5.02 Å². The molecule has 102 valence electrons. The molecule has 2 aromatic rings. The number of aryl methyl sites for hydroxylation is 2. The predicted molar refractivity (Wildman–Crippen MR) is 72.0 cm³/mol. The summed E-state index contributed by atoms with van der Waals surface area (Å²) in [5.74, 6) is -0.242. The second kappa shape index (κ2) is 5.44. The van der Waals surface area contributed by atoms with Crippen LogP contribution in [0.3, 0.4) is 0 Å². The van der Waals surface area contributed by atoms with Gasteiger partial charge in [-0.05, 0) is 13.8 Å². The van der Waals surface area contributed by atoms with Crippen molar-refractivity contribution < 1.29 is 4.79 Å². The van der Waals surface area contributed by atoms with Crippen molar-refractivity contribution in [1.82, 2.24) is 24.9 Å². The van der Waals surface area contributed by atoms with Crippen molar-refractivity contribution in [3.8, 4) is 0 Å². The number of halogens is 1. The van der Waals surface area contributed by atoms with E-state index in [0.29, 0.717) is 17.3 Å². The Morgan fingerprint density at radius 3 is 2.68 bits per heavy atom. The number of carbonyl (C=O) groups is 1. The third-order valence-electron chi connectivity index (χ3n) is 3.05. The molecule has 0 aliphatic carbocycles. The fourth-order valence-electron chi connectivity index (χ4n) is 1.90. The Hall–Kier alpha value is -1.82. The zero-order valence-corrected chi connectivity index (χ0v) is 11.9. The highest BCUT2D eigenvalue weighted by Crippen LogP contribution is 2.14. The summed E-state index contributed by atoms with van der Waals surface area (Å²) >= 11 is 5.92. The molecule has 1 amide bonds. The predicted octanol–water partition coefficient (Wildman–Crippen LogP) is 1.53. The van der Waals surface area contributed by atoms with Gasteiger partial charge in [0.25, 0.3) is 5.91 Å². The average Bonchev–Trinajstić information content (AvgIpc) is 2.90. The second-order valence-corrected chi connectivity index (χ2v) is 4.63. The molecule has 0 atom stereocenters. The van der Waals surface area contributed by atoms with Crippen molar-refractivity contribution in [2.75, 3.05) is 0 Å². The highest BCUT2D eigenvalue weighted by molar-refractivity contribution is 6.33. The van der Waals surface area contributed by atoms with Gasteiger partial charge >= 0.3 is 0 Å². The maximum atomic E-state index is 12.0. The molecule has 0 saturated carbocycles. The quantitative estimate of drug-likeness (QED) is 0.924. The summed E-state index contributed by atoms with van der Waals surface area (Å²) in [6.07, 6.45) is 3.22. The van der Waals surface area contributed by atoms with Gasteiger partial charge in [0.1, 0.15) is 5.69 Å². The van der Waals surface area contributed by atoms with Crippen molar-refractivity contribution in [3.63, 3.8) is 0 Å². The first-order chi connectivity index (χ1) is 9.04. The summed E-state index contributed by atoms with van der Waals surface area (Å²) in [4.78, 5) is 12.0. The molecule has 0 unspecified atom stereocenters. The minimum Gasteiger partial charge on any atom is -0.346 e. The average molecular weight is 282 g/mol. The summed E-state index contributed by atoms with van der Waals surface area (Å²) in [5.41, 5.74) is 2.41. The molecule has 6 nitrogen and oxygen atoms in total. The van der Waals surface area contributed by atoms with Gasteiger partial charge < -0.3 is 5.32 Å². The summed E-state index contributed by atoms with van der Waals surface area (Å²) in [6.45, 7) is 5.24. The Kier molecular flexibility index (Phi) is 3.90. The number of rotatable bonds is 4. The van der Waals surface area contributed by atoms with E-state index in [-0.39, 0.29) is 5.91 Å². The molecule has 2 heterocycles. The molecule has 0 spiro atoms. The van der Waals surface area contributed by atoms with Crippen LogP contribution >= 0.6 is 11.6 Å². The van der Waals surface area contributed by atoms with E-state index < -0.39 is 0 Å². The number of carbonyl (C=O) groups excluding carboxylic acids is 1. The molecule has 2 aromatic heterocycles. The van der Waals surface area contributed by atoms with E-state index >= 15 is 0 Å². The van der Waals surface area contributed by atoms with Crippen LogP contribution in [0.1, 0.15) is 28.7 Å². The number of nitrogens with one attached hydrogen (secondary N) is 1. The van der Waals surface area contributed by atoms with Gasteiger partial charge in [-0.3, -0.25) is 14.2 Å². The first-order valence-electron chi connectivity index (χ1n) is 6.01. The normalized spacial score (nSPS) is 10.7. The van der Waals surface area contributed by atoms with Gasteiger partial charge in [-0.15, -0.1) is 0 Å². The van der Waals surface area contributed by atoms with E-state index in [2.05, 4.69) is 15.5 Å². The lowest BCUT2D eigenvalue weighted by Gasteiger charge is -2.06. The first-order valence-corrected chi connectivity index (χ1v) is 6.39. The SMILES string of the molecule is CCn1ncc(CNC(=O)c2c(Cl)cnn2C)c1C. The van der Waals surface area contributed by atoms with Gasteiger partial charge in [0.05, 0.1) is 17.4 Å². The molecule has 0 bridgehead atoms. The Balaban J connectivity index is 2.07. The molecule has 19 heavy (non-hydrogen) atoms. The fraction of sp³-hybridized carbons (Fsp3) is 0.417. The number of hydrogen-bond donors (Lipinski definition) is 1. The van der Waals surface area contributed by atoms with Gasteiger partial charge in [-0.25, -0.2) is 0 Å². The van der Waals surface area contributed by atoms with Crippen LogP contribution in [0.4, 0.5) is 0 Å². The van der Waals surface area contributed by atoms with E-state index in [0.717, 1.165) is 17.8 Å². The summed E-state index contributed by atoms with van der Waals surface area (Å²) in [7, 11) is 1.68. The lowest BCUT2D eigenvalue weighted by Crippen LogP contribution is -2.25. The molecule has 0 fully saturated rings. The van der Waals surface area contributed by atoms with Gasteiger partial charge in [-0.2, -0.15) is 10.2 Å². The second-order valence-electron chi connectivity index (χ2n) is 4.22. The van der Waals surface area contributed by atoms with E-state index in [4.69, 9.17) is 11.6 Å². The van der Waals surface area contributed by atoms with Gasteiger partial charge in [0.2, 0.25) is 0 Å². The third kappa shape index (κ3) is 2.63. The topological polar surface area (TPSA) is 64.7 Å². The molecule has 1 N–H and O–H groups in total. The van der Waals surface area contributed by atoms with E-state index in [9.17, 15) is 4.79 Å². The molecule has 0 saturated heterocycles. The van der Waals surface area contributed by atoms with Crippen LogP contribution < -0.4 is 5.32 Å². The maximum Gasteiger partial charge on any atom is 0.271 e. The largest absolute Gasteiger partial charge is 0.346 e. The number of nitrogens with zero attached hydrogens (tertiary/aromatic N) is 4. The Labute approximate surface area is 116 Å². The van der Waals surface area contributed by atoms with E-state index in [1.54, 1.807) is 13.2 Å². The Bertz CT molecular complexity index is 582. The molecule has 0 radical (unpaired) electrons. The van der Waals surface area contributed by atoms with E-state index in [1.165, 1.54) is 10.9 Å². The van der Waals surface area contributed by atoms with E-state index in [1.807, 2.05) is 18.5 Å². The van der Waals surface area contributed by atoms with Crippen molar-refractivity contribution in [3.05, 3.63) is 34.4 Å². The van der Waals surface area contributed by atoms with Gasteiger partial charge in [-0.1, -0.05) is 11.6 Å². The fourth-order valence-corrected chi connectivity index (χ4v) is 2.15. The highest BCUT2D eigenvalue weighted by Gasteiger charge is 2.16. The monoisotopic (exact) mass is 281 g/mol. The standard InChI is InChI=1S/C12H16ClN5O/c1-4-18-8(2)9(6-16-18)5-14-12(19)11-10(13)7-15-17(11)3/h6-7H,4-5H2,1-3H3,(H,14,19). The molecule has 0 aromatic carbocycles. The Morgan fingerprint density at radius 2 is 2.16 bits per heavy atom. The van der Waals surface area contributed by atoms with Gasteiger partial charge in [0, 0.05) is 31.4 Å². The van der Waals surface area contributed by atoms with Crippen molar-refractivity contribution in [2.24, 2.45) is 7.05 Å². The van der Waals surface area contributed by atoms with Crippen LogP contribution in [-0.2, 0) is 20.1 Å². The maximum absolute atomic E-state index is 12.0. The summed E-state index contributed by atoms with van der Waals surface area (Å²) in [6, 6.07) is 0. The number of hydrogen-bond acceptors (Lipinski definition) is 3. The zero-order valence-electron chi connectivity index (χ0n) is 11.1. The summed E-state index contributed by atoms with van der Waals surface area (Å²) < 4.78 is 3.35. The van der Waals surface area contributed by atoms with Crippen LogP contribution in [-0.4, -0.2) is 25.5 Å². The van der Waals surface area contributed by atoms with Crippen molar-refractivity contribution >= 4 is 17.5 Å². The van der Waals surface area contributed by atoms with Crippen molar-refractivity contribution in [2.45, 2.75) is 26.9 Å². The van der Waals surface area contributed by atoms with Crippen LogP contribution in [0.5, 0.6) is 0 Å². The zero-order chi connectivity index (χ0) is 14.0. The third-order valence-corrected chi connectivity index (χ3v) is 3.33. The highest BCUT2D eigenvalue weighted by atomic mass is 35.5. The Morgan fingerprint density at radius 1 is 1.42 bits per heavy atom. The molecule has 0 aliphatic heterocycles. The van der Waals surface area contributed by atoms with Gasteiger partial charge in [0.15, 0.2) is 0 Å². The molecular formula is C12H16ClN5O. The van der Waals surface area contributed by atoms with Crippen LogP contribution in [0.25, 0.3) is 0 Å². The molecule has 0 aliphatic rings. The lowest BCUT2D eigenvalue weighted by molar-refractivity contribution is 0.0941. The minimum absolute atomic E-state index is 0.242. The van der Waals surface area contributed by atoms with Crippen LogP contribution in [0, 0.1) is 6.92 Å². The molecule has 7 heteroatoms. The minimum atomic E-state index is -0.242. The number of aromatic nitrogens is 4.